The Morgan fingerprint density at radius 2 is 2.30 bits per heavy atom. The van der Waals surface area contributed by atoms with Crippen molar-refractivity contribution >= 4 is 5.97 Å². The second-order valence-corrected chi connectivity index (χ2v) is 3.23. The third-order valence-corrected chi connectivity index (χ3v) is 2.77. The van der Waals surface area contributed by atoms with Gasteiger partial charge < -0.3 is 10.4 Å². The molecule has 0 bridgehead atoms. The van der Waals surface area contributed by atoms with Crippen molar-refractivity contribution in [2.24, 2.45) is 11.8 Å². The number of rotatable bonds is 1. The van der Waals surface area contributed by atoms with Gasteiger partial charge in [-0.1, -0.05) is 0 Å². The van der Waals surface area contributed by atoms with Gasteiger partial charge in [-0.3, -0.25) is 4.79 Å². The van der Waals surface area contributed by atoms with E-state index in [1.54, 1.807) is 0 Å². The summed E-state index contributed by atoms with van der Waals surface area (Å²) < 4.78 is 0. The monoisotopic (exact) mass is 141 g/mol. The lowest BCUT2D eigenvalue weighted by atomic mass is 9.73. The minimum Gasteiger partial charge on any atom is -0.480 e. The van der Waals surface area contributed by atoms with Crippen molar-refractivity contribution in [2.75, 3.05) is 6.54 Å². The molecule has 0 aromatic carbocycles. The third kappa shape index (κ3) is 0.669. The van der Waals surface area contributed by atoms with Crippen LogP contribution in [0.5, 0.6) is 0 Å². The number of fused-ring (bicyclic) bond motifs is 1. The minimum absolute atomic E-state index is 0.237. The van der Waals surface area contributed by atoms with Gasteiger partial charge in [-0.05, 0) is 31.2 Å². The van der Waals surface area contributed by atoms with E-state index in [1.807, 2.05) is 0 Å². The van der Waals surface area contributed by atoms with Crippen molar-refractivity contribution in [3.63, 3.8) is 0 Å². The van der Waals surface area contributed by atoms with Crippen LogP contribution in [0, 0.1) is 11.8 Å². The lowest BCUT2D eigenvalue weighted by Crippen LogP contribution is -2.38. The maximum absolute atomic E-state index is 10.5. The zero-order valence-corrected chi connectivity index (χ0v) is 5.71. The van der Waals surface area contributed by atoms with E-state index >= 15 is 0 Å². The topological polar surface area (TPSA) is 49.3 Å². The number of hydrogen-bond acceptors (Lipinski definition) is 2. The van der Waals surface area contributed by atoms with Crippen LogP contribution in [0.15, 0.2) is 0 Å². The van der Waals surface area contributed by atoms with Crippen LogP contribution in [-0.2, 0) is 4.79 Å². The fourth-order valence-electron chi connectivity index (χ4n) is 1.99. The summed E-state index contributed by atoms with van der Waals surface area (Å²) in [5, 5.41) is 11.7. The van der Waals surface area contributed by atoms with Crippen LogP contribution in [0.4, 0.5) is 0 Å². The Balaban J connectivity index is 2.05. The van der Waals surface area contributed by atoms with E-state index in [4.69, 9.17) is 5.11 Å². The number of carboxylic acids is 1. The fourth-order valence-corrected chi connectivity index (χ4v) is 1.99. The first-order valence-corrected chi connectivity index (χ1v) is 3.75. The second-order valence-electron chi connectivity index (χ2n) is 3.23. The number of carboxylic acid groups (broad SMARTS) is 1. The third-order valence-electron chi connectivity index (χ3n) is 2.77. The van der Waals surface area contributed by atoms with E-state index in [-0.39, 0.29) is 6.04 Å². The average Bonchev–Trinajstić information content (AvgIpc) is 2.07. The normalized spacial score (nSPS) is 44.2. The summed E-state index contributed by atoms with van der Waals surface area (Å²) in [5.74, 6) is 0.436. The number of aliphatic carboxylic acids is 1. The van der Waals surface area contributed by atoms with Crippen LogP contribution in [0.2, 0.25) is 0 Å². The molecular weight excluding hydrogens is 130 g/mol. The first kappa shape index (κ1) is 6.16. The van der Waals surface area contributed by atoms with E-state index in [0.717, 1.165) is 13.0 Å². The molecule has 3 atom stereocenters. The first-order valence-electron chi connectivity index (χ1n) is 3.75. The largest absolute Gasteiger partial charge is 0.480 e. The molecule has 56 valence electrons. The van der Waals surface area contributed by atoms with Crippen LogP contribution in [0.3, 0.4) is 0 Å². The van der Waals surface area contributed by atoms with Crippen LogP contribution in [0.25, 0.3) is 0 Å². The van der Waals surface area contributed by atoms with Gasteiger partial charge in [0.2, 0.25) is 0 Å². The van der Waals surface area contributed by atoms with Crippen molar-refractivity contribution < 1.29 is 9.90 Å². The molecule has 0 aromatic heterocycles. The zero-order valence-electron chi connectivity index (χ0n) is 5.71. The van der Waals surface area contributed by atoms with E-state index in [2.05, 4.69) is 5.32 Å². The molecule has 0 radical (unpaired) electrons. The summed E-state index contributed by atoms with van der Waals surface area (Å²) in [6.07, 6.45) is 2.33. The van der Waals surface area contributed by atoms with Crippen LogP contribution < -0.4 is 5.32 Å². The molecule has 2 N–H and O–H groups in total. The standard InChI is InChI=1S/C7H11NO2/c9-7(10)6-5-2-1-4(5)3-8-6/h4-6,8H,1-3H2,(H,9,10)/t4-,5-,6+/m0/s1. The van der Waals surface area contributed by atoms with Gasteiger partial charge in [0.25, 0.3) is 0 Å². The predicted molar refractivity (Wildman–Crippen MR) is 35.6 cm³/mol. The summed E-state index contributed by atoms with van der Waals surface area (Å²) in [6.45, 7) is 0.918. The van der Waals surface area contributed by atoms with E-state index in [0.29, 0.717) is 11.8 Å². The molecule has 2 fully saturated rings. The second kappa shape index (κ2) is 1.95. The molecule has 2 aliphatic rings. The van der Waals surface area contributed by atoms with Crippen LogP contribution in [0.1, 0.15) is 12.8 Å². The van der Waals surface area contributed by atoms with Gasteiger partial charge in [-0.25, -0.2) is 0 Å². The summed E-state index contributed by atoms with van der Waals surface area (Å²) in [7, 11) is 0. The average molecular weight is 141 g/mol. The molecule has 3 heteroatoms. The molecule has 1 saturated carbocycles. The Morgan fingerprint density at radius 3 is 2.60 bits per heavy atom. The van der Waals surface area contributed by atoms with Crippen molar-refractivity contribution in [1.82, 2.24) is 5.32 Å². The predicted octanol–water partition coefficient (Wildman–Crippen LogP) is 0.0690. The van der Waals surface area contributed by atoms with E-state index in [1.165, 1.54) is 6.42 Å². The van der Waals surface area contributed by atoms with Crippen LogP contribution in [-0.4, -0.2) is 23.7 Å². The van der Waals surface area contributed by atoms with E-state index < -0.39 is 5.97 Å². The number of nitrogens with one attached hydrogen (secondary N) is 1. The Labute approximate surface area is 59.4 Å². The molecular formula is C7H11NO2. The molecule has 1 heterocycles. The lowest BCUT2D eigenvalue weighted by Gasteiger charge is -2.30. The van der Waals surface area contributed by atoms with Gasteiger partial charge in [0.15, 0.2) is 0 Å². The highest BCUT2D eigenvalue weighted by atomic mass is 16.4. The molecule has 10 heavy (non-hydrogen) atoms. The Bertz CT molecular complexity index is 169. The quantitative estimate of drug-likeness (QED) is 0.543. The minimum atomic E-state index is -0.674. The van der Waals surface area contributed by atoms with Crippen molar-refractivity contribution in [2.45, 2.75) is 18.9 Å². The molecule has 0 spiro atoms. The number of carbonyl (C=O) groups is 1. The summed E-state index contributed by atoms with van der Waals surface area (Å²) in [4.78, 5) is 10.5. The molecule has 0 aromatic rings. The molecule has 1 saturated heterocycles. The molecule has 3 nitrogen and oxygen atoms in total. The van der Waals surface area contributed by atoms with Crippen LogP contribution >= 0.6 is 0 Å². The maximum Gasteiger partial charge on any atom is 0.320 e. The van der Waals surface area contributed by atoms with E-state index in [9.17, 15) is 4.79 Å². The summed E-state index contributed by atoms with van der Waals surface area (Å²) >= 11 is 0. The van der Waals surface area contributed by atoms with Gasteiger partial charge in [0.1, 0.15) is 6.04 Å². The highest BCUT2D eigenvalue weighted by molar-refractivity contribution is 5.74. The Morgan fingerprint density at radius 1 is 1.50 bits per heavy atom. The lowest BCUT2D eigenvalue weighted by molar-refractivity contribution is -0.141. The SMILES string of the molecule is O=C(O)[C@@H]1NC[C@@H]2CC[C@@H]21. The first-order chi connectivity index (χ1) is 4.79. The van der Waals surface area contributed by atoms with Crippen molar-refractivity contribution in [1.29, 1.82) is 0 Å². The fraction of sp³-hybridized carbons (Fsp3) is 0.857. The maximum atomic E-state index is 10.5. The van der Waals surface area contributed by atoms with Crippen molar-refractivity contribution in [3.8, 4) is 0 Å². The van der Waals surface area contributed by atoms with Gasteiger partial charge in [0, 0.05) is 0 Å². The molecule has 2 rings (SSSR count). The van der Waals surface area contributed by atoms with Gasteiger partial charge in [0.05, 0.1) is 0 Å². The molecule has 1 aliphatic carbocycles. The Hall–Kier alpha value is -0.570. The summed E-state index contributed by atoms with van der Waals surface area (Å²) in [5.41, 5.74) is 0. The molecule has 0 unspecified atom stereocenters. The van der Waals surface area contributed by atoms with Gasteiger partial charge >= 0.3 is 5.97 Å². The van der Waals surface area contributed by atoms with Gasteiger partial charge in [-0.2, -0.15) is 0 Å². The highest BCUT2D eigenvalue weighted by Gasteiger charge is 2.45. The van der Waals surface area contributed by atoms with Gasteiger partial charge in [-0.15, -0.1) is 0 Å². The molecule has 1 aliphatic heterocycles. The number of hydrogen-bond donors (Lipinski definition) is 2. The Kier molecular flexibility index (Phi) is 1.20. The molecule has 0 amide bonds. The zero-order chi connectivity index (χ0) is 7.14. The highest BCUT2D eigenvalue weighted by Crippen LogP contribution is 2.40. The summed E-state index contributed by atoms with van der Waals surface area (Å²) in [6, 6.07) is -0.237. The van der Waals surface area contributed by atoms with Crippen molar-refractivity contribution in [3.05, 3.63) is 0 Å². The smallest absolute Gasteiger partial charge is 0.320 e.